The Hall–Kier alpha value is -1.99. The molecule has 1 fully saturated rings. The number of fused-ring (bicyclic) bond motifs is 1. The lowest BCUT2D eigenvalue weighted by atomic mass is 10.0. The summed E-state index contributed by atoms with van der Waals surface area (Å²) in [5, 5.41) is 0.999. The molecular weight excluding hydrogens is 350 g/mol. The number of carbonyl (C=O) groups excluding carboxylic acids is 1. The molecule has 2 heterocycles. The second-order valence-corrected chi connectivity index (χ2v) is 8.17. The van der Waals surface area contributed by atoms with E-state index in [0.29, 0.717) is 25.1 Å². The van der Waals surface area contributed by atoms with Crippen LogP contribution in [-0.4, -0.2) is 33.0 Å². The first-order valence-corrected chi connectivity index (χ1v) is 10.3. The van der Waals surface area contributed by atoms with E-state index in [1.54, 1.807) is 22.6 Å². The number of piperidine rings is 1. The number of rotatable bonds is 5. The molecule has 3 rings (SSSR count). The van der Waals surface area contributed by atoms with Crippen LogP contribution in [0.5, 0.6) is 0 Å². The number of aromatic nitrogens is 1. The number of carbonyl (C=O) groups is 1. The summed E-state index contributed by atoms with van der Waals surface area (Å²) in [5.41, 5.74) is 2.45. The van der Waals surface area contributed by atoms with E-state index in [1.165, 1.54) is 0 Å². The summed E-state index contributed by atoms with van der Waals surface area (Å²) in [6, 6.07) is 7.41. The fourth-order valence-electron chi connectivity index (χ4n) is 3.40. The molecule has 1 aliphatic rings. The van der Waals surface area contributed by atoms with Gasteiger partial charge in [-0.1, -0.05) is 13.0 Å². The molecule has 0 spiro atoms. The fourth-order valence-corrected chi connectivity index (χ4v) is 4.45. The number of amides is 1. The van der Waals surface area contributed by atoms with Crippen LogP contribution in [0.4, 0.5) is 5.69 Å². The van der Waals surface area contributed by atoms with Crippen LogP contribution in [-0.2, 0) is 22.8 Å². The number of hydrogen-bond acceptors (Lipinski definition) is 3. The highest BCUT2D eigenvalue weighted by Gasteiger charge is 2.27. The second kappa shape index (κ2) is 7.72. The minimum atomic E-state index is -1.07. The predicted molar refractivity (Wildman–Crippen MR) is 106 cm³/mol. The van der Waals surface area contributed by atoms with E-state index in [2.05, 4.69) is 4.72 Å². The molecular formula is C19H25N3O3S. The van der Waals surface area contributed by atoms with Crippen LogP contribution < -0.4 is 15.2 Å². The number of anilines is 1. The van der Waals surface area contributed by atoms with Crippen LogP contribution in [0.2, 0.25) is 0 Å². The molecule has 0 bridgehead atoms. The molecule has 2 aromatic rings. The van der Waals surface area contributed by atoms with Crippen LogP contribution in [0.3, 0.4) is 0 Å². The highest BCUT2D eigenvalue weighted by atomic mass is 32.2. The van der Waals surface area contributed by atoms with Gasteiger partial charge in [-0.05, 0) is 37.5 Å². The lowest BCUT2D eigenvalue weighted by Gasteiger charge is -2.33. The standard InChI is InChI=1S/C19H25N3O3S/c1-4-9-26(25)20-14-5-8-18(23)22(12-14)15-6-7-16-13(2)10-19(24)21(3)17(16)11-15/h6-7,10-11,14,20H,4-5,8-9,12H2,1-3H3. The zero-order chi connectivity index (χ0) is 18.8. The average molecular weight is 375 g/mol. The summed E-state index contributed by atoms with van der Waals surface area (Å²) in [4.78, 5) is 26.3. The SMILES string of the molecule is CCCS(=O)NC1CCC(=O)N(c2ccc3c(C)cc(=O)n(C)c3c2)C1. The van der Waals surface area contributed by atoms with Gasteiger partial charge in [0, 0.05) is 48.9 Å². The maximum Gasteiger partial charge on any atom is 0.251 e. The predicted octanol–water partition coefficient (Wildman–Crippen LogP) is 2.01. The molecule has 1 aliphatic heterocycles. The largest absolute Gasteiger partial charge is 0.311 e. The van der Waals surface area contributed by atoms with Crippen molar-refractivity contribution in [2.75, 3.05) is 17.2 Å². The average Bonchev–Trinajstić information content (AvgIpc) is 2.61. The van der Waals surface area contributed by atoms with Crippen molar-refractivity contribution in [2.45, 2.75) is 39.2 Å². The fraction of sp³-hybridized carbons (Fsp3) is 0.474. The molecule has 1 aromatic carbocycles. The lowest BCUT2D eigenvalue weighted by molar-refractivity contribution is -0.119. The number of hydrogen-bond donors (Lipinski definition) is 1. The molecule has 6 nitrogen and oxygen atoms in total. The summed E-state index contributed by atoms with van der Waals surface area (Å²) in [7, 11) is 0.675. The summed E-state index contributed by atoms with van der Waals surface area (Å²) in [6.07, 6.45) is 1.97. The number of pyridine rings is 1. The normalized spacial score (nSPS) is 19.1. The Morgan fingerprint density at radius 1 is 1.27 bits per heavy atom. The van der Waals surface area contributed by atoms with Crippen LogP contribution in [0.1, 0.15) is 31.7 Å². The van der Waals surface area contributed by atoms with E-state index in [9.17, 15) is 13.8 Å². The third-order valence-corrected chi connectivity index (χ3v) is 6.22. The van der Waals surface area contributed by atoms with Crippen LogP contribution in [0.25, 0.3) is 10.9 Å². The maximum absolute atomic E-state index is 12.5. The topological polar surface area (TPSA) is 71.4 Å². The van der Waals surface area contributed by atoms with Crippen molar-refractivity contribution in [3.63, 3.8) is 0 Å². The second-order valence-electron chi connectivity index (χ2n) is 6.83. The molecule has 1 aromatic heterocycles. The van der Waals surface area contributed by atoms with E-state index < -0.39 is 11.0 Å². The molecule has 0 saturated carbocycles. The minimum absolute atomic E-state index is 0.0112. The van der Waals surface area contributed by atoms with Gasteiger partial charge in [0.15, 0.2) is 0 Å². The van der Waals surface area contributed by atoms with Gasteiger partial charge in [-0.15, -0.1) is 0 Å². The summed E-state index contributed by atoms with van der Waals surface area (Å²) >= 11 is 0. The van der Waals surface area contributed by atoms with Gasteiger partial charge < -0.3 is 9.47 Å². The van der Waals surface area contributed by atoms with Crippen molar-refractivity contribution in [3.05, 3.63) is 40.2 Å². The van der Waals surface area contributed by atoms with Crippen molar-refractivity contribution in [3.8, 4) is 0 Å². The van der Waals surface area contributed by atoms with Gasteiger partial charge in [0.25, 0.3) is 5.56 Å². The Kier molecular flexibility index (Phi) is 5.58. The van der Waals surface area contributed by atoms with Crippen molar-refractivity contribution in [1.82, 2.24) is 9.29 Å². The van der Waals surface area contributed by atoms with Gasteiger partial charge in [0.05, 0.1) is 16.5 Å². The van der Waals surface area contributed by atoms with Crippen molar-refractivity contribution >= 4 is 33.5 Å². The Labute approximate surface area is 155 Å². The molecule has 26 heavy (non-hydrogen) atoms. The summed E-state index contributed by atoms with van der Waals surface area (Å²) < 4.78 is 16.7. The van der Waals surface area contributed by atoms with Gasteiger partial charge in [-0.2, -0.15) is 0 Å². The third-order valence-electron chi connectivity index (χ3n) is 4.85. The third kappa shape index (κ3) is 3.73. The van der Waals surface area contributed by atoms with E-state index in [4.69, 9.17) is 0 Å². The quantitative estimate of drug-likeness (QED) is 0.869. The first-order chi connectivity index (χ1) is 12.4. The summed E-state index contributed by atoms with van der Waals surface area (Å²) in [5.74, 6) is 0.670. The first-order valence-electron chi connectivity index (χ1n) is 8.96. The van der Waals surface area contributed by atoms with Crippen LogP contribution >= 0.6 is 0 Å². The van der Waals surface area contributed by atoms with Gasteiger partial charge in [0.1, 0.15) is 0 Å². The van der Waals surface area contributed by atoms with E-state index in [0.717, 1.165) is 28.6 Å². The zero-order valence-corrected chi connectivity index (χ0v) is 16.3. The van der Waals surface area contributed by atoms with Crippen molar-refractivity contribution < 1.29 is 9.00 Å². The first kappa shape index (κ1) is 18.8. The maximum atomic E-state index is 12.5. The monoisotopic (exact) mass is 375 g/mol. The van der Waals surface area contributed by atoms with E-state index in [-0.39, 0.29) is 17.5 Å². The Bertz CT molecular complexity index is 922. The van der Waals surface area contributed by atoms with E-state index in [1.807, 2.05) is 32.0 Å². The Morgan fingerprint density at radius 2 is 2.04 bits per heavy atom. The number of aryl methyl sites for hydroxylation is 2. The smallest absolute Gasteiger partial charge is 0.251 e. The van der Waals surface area contributed by atoms with Crippen LogP contribution in [0, 0.1) is 6.92 Å². The zero-order valence-electron chi connectivity index (χ0n) is 15.4. The molecule has 1 saturated heterocycles. The number of nitrogens with zero attached hydrogens (tertiary/aromatic N) is 2. The molecule has 140 valence electrons. The molecule has 2 atom stereocenters. The highest BCUT2D eigenvalue weighted by Crippen LogP contribution is 2.26. The van der Waals surface area contributed by atoms with Gasteiger partial charge in [0.2, 0.25) is 5.91 Å². The molecule has 1 amide bonds. The number of benzene rings is 1. The van der Waals surface area contributed by atoms with Gasteiger partial charge >= 0.3 is 0 Å². The van der Waals surface area contributed by atoms with Crippen molar-refractivity contribution in [2.24, 2.45) is 7.05 Å². The molecule has 1 N–H and O–H groups in total. The molecule has 0 aliphatic carbocycles. The molecule has 7 heteroatoms. The lowest BCUT2D eigenvalue weighted by Crippen LogP contribution is -2.49. The summed E-state index contributed by atoms with van der Waals surface area (Å²) in [6.45, 7) is 4.40. The minimum Gasteiger partial charge on any atom is -0.311 e. The van der Waals surface area contributed by atoms with Crippen LogP contribution in [0.15, 0.2) is 29.1 Å². The Balaban J connectivity index is 1.91. The highest BCUT2D eigenvalue weighted by molar-refractivity contribution is 7.83. The van der Waals surface area contributed by atoms with Gasteiger partial charge in [-0.25, -0.2) is 8.93 Å². The van der Waals surface area contributed by atoms with E-state index >= 15 is 0 Å². The number of nitrogens with one attached hydrogen (secondary N) is 1. The van der Waals surface area contributed by atoms with Crippen molar-refractivity contribution in [1.29, 1.82) is 0 Å². The van der Waals surface area contributed by atoms with Gasteiger partial charge in [-0.3, -0.25) is 9.59 Å². The molecule has 0 radical (unpaired) electrons. The molecule has 2 unspecified atom stereocenters. The Morgan fingerprint density at radius 3 is 2.77 bits per heavy atom.